The van der Waals surface area contributed by atoms with Crippen LogP contribution in [0, 0.1) is 11.3 Å². The van der Waals surface area contributed by atoms with Crippen molar-refractivity contribution in [1.29, 1.82) is 0 Å². The van der Waals surface area contributed by atoms with E-state index < -0.39 is 5.97 Å². The number of nitrogens with zero attached hydrogens (tertiary/aromatic N) is 1. The number of likely N-dealkylation sites (tertiary alicyclic amines) is 1. The summed E-state index contributed by atoms with van der Waals surface area (Å²) in [7, 11) is 0. The van der Waals surface area contributed by atoms with Crippen molar-refractivity contribution >= 4 is 5.97 Å². The van der Waals surface area contributed by atoms with Gasteiger partial charge in [0.1, 0.15) is 0 Å². The predicted octanol–water partition coefficient (Wildman–Crippen LogP) is 2.61. The Hall–Kier alpha value is -0.570. The molecule has 94 valence electrons. The van der Waals surface area contributed by atoms with Crippen LogP contribution in [0.15, 0.2) is 0 Å². The fraction of sp³-hybridized carbons (Fsp3) is 0.923. The maximum absolute atomic E-state index is 10.7. The van der Waals surface area contributed by atoms with Gasteiger partial charge in [0.05, 0.1) is 5.92 Å². The zero-order valence-corrected chi connectivity index (χ0v) is 11.0. The summed E-state index contributed by atoms with van der Waals surface area (Å²) < 4.78 is 0. The summed E-state index contributed by atoms with van der Waals surface area (Å²) in [5.41, 5.74) is 0.489. The monoisotopic (exact) mass is 227 g/mol. The third-order valence-corrected chi connectivity index (χ3v) is 3.57. The largest absolute Gasteiger partial charge is 0.481 e. The molecule has 3 heteroatoms. The molecule has 1 rings (SSSR count). The summed E-state index contributed by atoms with van der Waals surface area (Å²) in [5.74, 6) is -0.863. The zero-order chi connectivity index (χ0) is 12.3. The summed E-state index contributed by atoms with van der Waals surface area (Å²) in [6.45, 7) is 11.0. The average Bonchev–Trinajstić information content (AvgIpc) is 2.13. The van der Waals surface area contributed by atoms with Crippen molar-refractivity contribution in [3.8, 4) is 0 Å². The summed E-state index contributed by atoms with van der Waals surface area (Å²) in [4.78, 5) is 13.1. The van der Waals surface area contributed by atoms with Crippen LogP contribution in [-0.2, 0) is 4.79 Å². The molecule has 1 saturated heterocycles. The third-order valence-electron chi connectivity index (χ3n) is 3.57. The molecule has 0 aromatic carbocycles. The first-order valence-corrected chi connectivity index (χ1v) is 6.29. The Labute approximate surface area is 98.8 Å². The summed E-state index contributed by atoms with van der Waals surface area (Å²) in [6.07, 6.45) is 2.94. The van der Waals surface area contributed by atoms with Crippen LogP contribution >= 0.6 is 0 Å². The van der Waals surface area contributed by atoms with Gasteiger partial charge in [0.2, 0.25) is 0 Å². The van der Waals surface area contributed by atoms with Crippen LogP contribution in [-0.4, -0.2) is 35.1 Å². The highest BCUT2D eigenvalue weighted by Gasteiger charge is 2.36. The highest BCUT2D eigenvalue weighted by atomic mass is 16.4. The highest BCUT2D eigenvalue weighted by Crippen LogP contribution is 2.31. The average molecular weight is 227 g/mol. The van der Waals surface area contributed by atoms with E-state index in [-0.39, 0.29) is 5.92 Å². The van der Waals surface area contributed by atoms with Crippen molar-refractivity contribution in [2.45, 2.75) is 53.0 Å². The second kappa shape index (κ2) is 5.17. The number of hydrogen-bond donors (Lipinski definition) is 1. The molecule has 1 aliphatic heterocycles. The first-order valence-electron chi connectivity index (χ1n) is 6.29. The Balaban J connectivity index is 2.12. The lowest BCUT2D eigenvalue weighted by molar-refractivity contribution is -0.141. The normalized spacial score (nSPS) is 23.5. The fourth-order valence-corrected chi connectivity index (χ4v) is 2.39. The molecule has 0 spiro atoms. The van der Waals surface area contributed by atoms with Crippen molar-refractivity contribution in [3.63, 3.8) is 0 Å². The van der Waals surface area contributed by atoms with Gasteiger partial charge in [0.15, 0.2) is 0 Å². The highest BCUT2D eigenvalue weighted by molar-refractivity contribution is 5.69. The quantitative estimate of drug-likeness (QED) is 0.758. The molecular weight excluding hydrogens is 202 g/mol. The maximum atomic E-state index is 10.7. The number of aliphatic carboxylic acids is 1. The van der Waals surface area contributed by atoms with Crippen LogP contribution < -0.4 is 0 Å². The summed E-state index contributed by atoms with van der Waals surface area (Å²) >= 11 is 0. The van der Waals surface area contributed by atoms with Gasteiger partial charge in [0.25, 0.3) is 0 Å². The Morgan fingerprint density at radius 1 is 1.31 bits per heavy atom. The summed E-state index contributed by atoms with van der Waals surface area (Å²) in [6, 6.07) is 0.606. The molecule has 2 atom stereocenters. The van der Waals surface area contributed by atoms with Gasteiger partial charge >= 0.3 is 5.97 Å². The van der Waals surface area contributed by atoms with E-state index in [9.17, 15) is 4.79 Å². The molecule has 0 aromatic rings. The van der Waals surface area contributed by atoms with Gasteiger partial charge in [0, 0.05) is 19.1 Å². The lowest BCUT2D eigenvalue weighted by atomic mass is 9.83. The molecule has 0 saturated carbocycles. The lowest BCUT2D eigenvalue weighted by Crippen LogP contribution is -2.56. The molecule has 1 heterocycles. The Bertz CT molecular complexity index is 242. The number of rotatable bonds is 6. The first kappa shape index (κ1) is 13.5. The maximum Gasteiger partial charge on any atom is 0.306 e. The number of carboxylic acid groups (broad SMARTS) is 1. The molecule has 0 amide bonds. The molecule has 16 heavy (non-hydrogen) atoms. The SMILES string of the molecule is CC(CCCC(C)N1CC(C)(C)C1)C(=O)O. The number of carbonyl (C=O) groups is 1. The molecule has 2 unspecified atom stereocenters. The molecule has 1 aliphatic rings. The molecular formula is C13H25NO2. The molecule has 0 aliphatic carbocycles. The minimum atomic E-state index is -0.669. The molecule has 0 aromatic heterocycles. The van der Waals surface area contributed by atoms with E-state index in [4.69, 9.17) is 5.11 Å². The molecule has 0 bridgehead atoms. The number of carboxylic acids is 1. The van der Waals surface area contributed by atoms with Gasteiger partial charge in [-0.25, -0.2) is 0 Å². The van der Waals surface area contributed by atoms with Crippen LogP contribution in [0.5, 0.6) is 0 Å². The van der Waals surface area contributed by atoms with Crippen LogP contribution in [0.1, 0.15) is 47.0 Å². The second-order valence-corrected chi connectivity index (χ2v) is 6.09. The third kappa shape index (κ3) is 3.78. The topological polar surface area (TPSA) is 40.5 Å². The zero-order valence-electron chi connectivity index (χ0n) is 11.0. The number of hydrogen-bond acceptors (Lipinski definition) is 2. The summed E-state index contributed by atoms with van der Waals surface area (Å²) in [5, 5.41) is 8.77. The van der Waals surface area contributed by atoms with Crippen molar-refractivity contribution < 1.29 is 9.90 Å². The van der Waals surface area contributed by atoms with Gasteiger partial charge in [-0.05, 0) is 25.2 Å². The van der Waals surface area contributed by atoms with Gasteiger partial charge < -0.3 is 5.11 Å². The fourth-order valence-electron chi connectivity index (χ4n) is 2.39. The second-order valence-electron chi connectivity index (χ2n) is 6.09. The van der Waals surface area contributed by atoms with E-state index in [2.05, 4.69) is 25.7 Å². The molecule has 1 fully saturated rings. The van der Waals surface area contributed by atoms with E-state index in [0.717, 1.165) is 19.3 Å². The lowest BCUT2D eigenvalue weighted by Gasteiger charge is -2.49. The minimum Gasteiger partial charge on any atom is -0.481 e. The van der Waals surface area contributed by atoms with E-state index in [1.807, 2.05) is 0 Å². The van der Waals surface area contributed by atoms with Gasteiger partial charge in [-0.1, -0.05) is 27.2 Å². The van der Waals surface area contributed by atoms with Crippen molar-refractivity contribution in [2.75, 3.05) is 13.1 Å². The molecule has 0 radical (unpaired) electrons. The van der Waals surface area contributed by atoms with Crippen molar-refractivity contribution in [1.82, 2.24) is 4.90 Å². The van der Waals surface area contributed by atoms with E-state index in [0.29, 0.717) is 11.5 Å². The van der Waals surface area contributed by atoms with Crippen molar-refractivity contribution in [2.24, 2.45) is 11.3 Å². The van der Waals surface area contributed by atoms with Crippen LogP contribution in [0.4, 0.5) is 0 Å². The predicted molar refractivity (Wildman–Crippen MR) is 65.5 cm³/mol. The minimum absolute atomic E-state index is 0.194. The van der Waals surface area contributed by atoms with Crippen molar-refractivity contribution in [3.05, 3.63) is 0 Å². The van der Waals surface area contributed by atoms with Gasteiger partial charge in [-0.3, -0.25) is 9.69 Å². The Morgan fingerprint density at radius 2 is 1.88 bits per heavy atom. The van der Waals surface area contributed by atoms with Gasteiger partial charge in [-0.15, -0.1) is 0 Å². The van der Waals surface area contributed by atoms with Crippen LogP contribution in [0.2, 0.25) is 0 Å². The van der Waals surface area contributed by atoms with E-state index in [1.165, 1.54) is 13.1 Å². The van der Waals surface area contributed by atoms with E-state index in [1.54, 1.807) is 6.92 Å². The molecule has 3 nitrogen and oxygen atoms in total. The van der Waals surface area contributed by atoms with Crippen LogP contribution in [0.25, 0.3) is 0 Å². The smallest absolute Gasteiger partial charge is 0.306 e. The van der Waals surface area contributed by atoms with E-state index >= 15 is 0 Å². The van der Waals surface area contributed by atoms with Gasteiger partial charge in [-0.2, -0.15) is 0 Å². The standard InChI is InChI=1S/C13H25NO2/c1-10(12(15)16)6-5-7-11(2)14-8-13(3,4)9-14/h10-11H,5-9H2,1-4H3,(H,15,16). The molecule has 1 N–H and O–H groups in total. The Morgan fingerprint density at radius 3 is 2.31 bits per heavy atom. The first-order chi connectivity index (χ1) is 7.32. The Kier molecular flexibility index (Phi) is 4.36. The van der Waals surface area contributed by atoms with Crippen LogP contribution in [0.3, 0.4) is 0 Å².